The molecule has 1 heterocycles. The number of hydrogen-bond acceptors (Lipinski definition) is 5. The van der Waals surface area contributed by atoms with Crippen LogP contribution in [0.4, 0.5) is 15.8 Å². The molecule has 21 heavy (non-hydrogen) atoms. The molecule has 0 bridgehead atoms. The summed E-state index contributed by atoms with van der Waals surface area (Å²) in [6.45, 7) is 1.85. The van der Waals surface area contributed by atoms with Gasteiger partial charge in [-0.2, -0.15) is 0 Å². The van der Waals surface area contributed by atoms with Crippen LogP contribution in [0.3, 0.4) is 0 Å². The number of methoxy groups -OCH3 is 1. The van der Waals surface area contributed by atoms with Gasteiger partial charge in [-0.25, -0.2) is 4.39 Å². The SMILES string of the molecule is COc1cc(NC(C)c2ccncc2)c(F)cc1[N+](=O)[O-]. The van der Waals surface area contributed by atoms with Crippen molar-refractivity contribution in [3.05, 3.63) is 58.2 Å². The highest BCUT2D eigenvalue weighted by atomic mass is 19.1. The number of nitro groups is 1. The minimum Gasteiger partial charge on any atom is -0.490 e. The van der Waals surface area contributed by atoms with Gasteiger partial charge < -0.3 is 10.1 Å². The third-order valence-corrected chi connectivity index (χ3v) is 3.04. The monoisotopic (exact) mass is 291 g/mol. The number of anilines is 1. The molecule has 1 aromatic carbocycles. The highest BCUT2D eigenvalue weighted by molar-refractivity contribution is 5.59. The molecule has 0 amide bonds. The molecule has 0 aliphatic carbocycles. The Morgan fingerprint density at radius 1 is 1.38 bits per heavy atom. The molecule has 0 saturated carbocycles. The van der Waals surface area contributed by atoms with Crippen molar-refractivity contribution in [3.63, 3.8) is 0 Å². The largest absolute Gasteiger partial charge is 0.490 e. The predicted molar refractivity (Wildman–Crippen MR) is 75.9 cm³/mol. The van der Waals surface area contributed by atoms with Crippen LogP contribution < -0.4 is 10.1 Å². The molecule has 0 spiro atoms. The van der Waals surface area contributed by atoms with Crippen LogP contribution in [0.1, 0.15) is 18.5 Å². The fourth-order valence-electron chi connectivity index (χ4n) is 1.93. The maximum Gasteiger partial charge on any atom is 0.313 e. The first-order valence-electron chi connectivity index (χ1n) is 6.21. The van der Waals surface area contributed by atoms with Crippen molar-refractivity contribution in [3.8, 4) is 5.75 Å². The van der Waals surface area contributed by atoms with Gasteiger partial charge in [0.25, 0.3) is 0 Å². The fourth-order valence-corrected chi connectivity index (χ4v) is 1.93. The van der Waals surface area contributed by atoms with Gasteiger partial charge in [-0.15, -0.1) is 0 Å². The van der Waals surface area contributed by atoms with Crippen molar-refractivity contribution < 1.29 is 14.1 Å². The first kappa shape index (κ1) is 14.7. The van der Waals surface area contributed by atoms with Gasteiger partial charge in [-0.1, -0.05) is 0 Å². The van der Waals surface area contributed by atoms with E-state index in [4.69, 9.17) is 4.74 Å². The molecule has 1 N–H and O–H groups in total. The van der Waals surface area contributed by atoms with Crippen LogP contribution in [-0.2, 0) is 0 Å². The van der Waals surface area contributed by atoms with Gasteiger partial charge in [0.2, 0.25) is 0 Å². The van der Waals surface area contributed by atoms with Crippen LogP contribution in [0.5, 0.6) is 5.75 Å². The number of nitrogens with one attached hydrogen (secondary N) is 1. The number of ether oxygens (including phenoxy) is 1. The number of pyridine rings is 1. The van der Waals surface area contributed by atoms with Crippen LogP contribution in [0, 0.1) is 15.9 Å². The van der Waals surface area contributed by atoms with Crippen LogP contribution in [0.2, 0.25) is 0 Å². The average Bonchev–Trinajstić information content (AvgIpc) is 2.49. The van der Waals surface area contributed by atoms with Crippen molar-refractivity contribution in [1.29, 1.82) is 0 Å². The zero-order valence-corrected chi connectivity index (χ0v) is 11.5. The Bertz CT molecular complexity index is 649. The van der Waals surface area contributed by atoms with E-state index in [1.165, 1.54) is 13.2 Å². The summed E-state index contributed by atoms with van der Waals surface area (Å²) < 4.78 is 18.9. The molecular formula is C14H14FN3O3. The Morgan fingerprint density at radius 2 is 2.05 bits per heavy atom. The minimum atomic E-state index is -0.705. The molecule has 0 aliphatic heterocycles. The number of halogens is 1. The van der Waals surface area contributed by atoms with E-state index in [1.54, 1.807) is 24.5 Å². The molecule has 0 aliphatic rings. The van der Waals surface area contributed by atoms with Gasteiger partial charge in [0.15, 0.2) is 11.6 Å². The van der Waals surface area contributed by atoms with Gasteiger partial charge in [-0.3, -0.25) is 15.1 Å². The molecule has 2 aromatic rings. The molecule has 2 rings (SSSR count). The lowest BCUT2D eigenvalue weighted by molar-refractivity contribution is -0.385. The van der Waals surface area contributed by atoms with E-state index in [9.17, 15) is 14.5 Å². The van der Waals surface area contributed by atoms with E-state index in [0.29, 0.717) is 0 Å². The molecule has 1 aromatic heterocycles. The number of hydrogen-bond donors (Lipinski definition) is 1. The average molecular weight is 291 g/mol. The Balaban J connectivity index is 2.30. The maximum absolute atomic E-state index is 14.0. The summed E-state index contributed by atoms with van der Waals surface area (Å²) in [6, 6.07) is 5.55. The summed E-state index contributed by atoms with van der Waals surface area (Å²) in [4.78, 5) is 14.1. The van der Waals surface area contributed by atoms with E-state index < -0.39 is 16.4 Å². The summed E-state index contributed by atoms with van der Waals surface area (Å²) in [7, 11) is 1.30. The minimum absolute atomic E-state index is 0.00540. The second kappa shape index (κ2) is 6.17. The van der Waals surface area contributed by atoms with Gasteiger partial charge in [0.1, 0.15) is 0 Å². The van der Waals surface area contributed by atoms with Crippen LogP contribution in [0.25, 0.3) is 0 Å². The van der Waals surface area contributed by atoms with E-state index in [2.05, 4.69) is 10.3 Å². The molecule has 1 unspecified atom stereocenters. The number of nitro benzene ring substituents is 1. The first-order valence-corrected chi connectivity index (χ1v) is 6.21. The Hall–Kier alpha value is -2.70. The van der Waals surface area contributed by atoms with Gasteiger partial charge >= 0.3 is 5.69 Å². The van der Waals surface area contributed by atoms with E-state index in [0.717, 1.165) is 11.6 Å². The molecule has 0 fully saturated rings. The fraction of sp³-hybridized carbons (Fsp3) is 0.214. The van der Waals surface area contributed by atoms with E-state index in [1.807, 2.05) is 6.92 Å². The molecule has 7 heteroatoms. The normalized spacial score (nSPS) is 11.8. The quantitative estimate of drug-likeness (QED) is 0.675. The molecule has 0 saturated heterocycles. The number of benzene rings is 1. The molecular weight excluding hydrogens is 277 g/mol. The maximum atomic E-state index is 14.0. The van der Waals surface area contributed by atoms with E-state index >= 15 is 0 Å². The van der Waals surface area contributed by atoms with Crippen molar-refractivity contribution in [1.82, 2.24) is 4.98 Å². The van der Waals surface area contributed by atoms with Crippen molar-refractivity contribution >= 4 is 11.4 Å². The molecule has 6 nitrogen and oxygen atoms in total. The molecule has 110 valence electrons. The van der Waals surface area contributed by atoms with Crippen LogP contribution in [-0.4, -0.2) is 17.0 Å². The highest BCUT2D eigenvalue weighted by Gasteiger charge is 2.20. The van der Waals surface area contributed by atoms with Crippen molar-refractivity contribution in [2.75, 3.05) is 12.4 Å². The summed E-state index contributed by atoms with van der Waals surface area (Å²) in [5.41, 5.74) is 0.653. The smallest absolute Gasteiger partial charge is 0.313 e. The Morgan fingerprint density at radius 3 is 2.62 bits per heavy atom. The summed E-state index contributed by atoms with van der Waals surface area (Å²) in [5, 5.41) is 13.8. The molecule has 1 atom stereocenters. The number of aromatic nitrogens is 1. The third kappa shape index (κ3) is 3.25. The number of nitrogens with zero attached hydrogens (tertiary/aromatic N) is 2. The summed E-state index contributed by atoms with van der Waals surface area (Å²) in [6.07, 6.45) is 3.28. The van der Waals surface area contributed by atoms with Gasteiger partial charge in [0.05, 0.1) is 23.8 Å². The van der Waals surface area contributed by atoms with Crippen molar-refractivity contribution in [2.45, 2.75) is 13.0 Å². The summed E-state index contributed by atoms with van der Waals surface area (Å²) in [5.74, 6) is -0.700. The second-order valence-corrected chi connectivity index (χ2v) is 4.41. The van der Waals surface area contributed by atoms with E-state index in [-0.39, 0.29) is 17.5 Å². The van der Waals surface area contributed by atoms with Crippen LogP contribution >= 0.6 is 0 Å². The number of rotatable bonds is 5. The lowest BCUT2D eigenvalue weighted by atomic mass is 10.1. The summed E-state index contributed by atoms with van der Waals surface area (Å²) >= 11 is 0. The standard InChI is InChI=1S/C14H14FN3O3/c1-9(10-3-5-16-6-4-10)17-12-8-14(21-2)13(18(19)20)7-11(12)15/h3-9,17H,1-2H3. The third-order valence-electron chi connectivity index (χ3n) is 3.04. The zero-order valence-electron chi connectivity index (χ0n) is 11.5. The zero-order chi connectivity index (χ0) is 15.4. The molecule has 0 radical (unpaired) electrons. The predicted octanol–water partition coefficient (Wildman–Crippen LogP) is 3.31. The van der Waals surface area contributed by atoms with Crippen LogP contribution in [0.15, 0.2) is 36.7 Å². The van der Waals surface area contributed by atoms with Gasteiger partial charge in [0, 0.05) is 24.5 Å². The Kier molecular flexibility index (Phi) is 4.32. The highest BCUT2D eigenvalue weighted by Crippen LogP contribution is 2.33. The lowest BCUT2D eigenvalue weighted by Crippen LogP contribution is -2.08. The first-order chi connectivity index (χ1) is 10.0. The lowest BCUT2D eigenvalue weighted by Gasteiger charge is -2.16. The second-order valence-electron chi connectivity index (χ2n) is 4.41. The van der Waals surface area contributed by atoms with Crippen molar-refractivity contribution in [2.24, 2.45) is 0 Å². The topological polar surface area (TPSA) is 77.3 Å². The van der Waals surface area contributed by atoms with Gasteiger partial charge in [-0.05, 0) is 24.6 Å². The Labute approximate surface area is 120 Å².